The molecule has 1 unspecified atom stereocenters. The number of carbonyl (C=O) groups excluding carboxylic acids is 1. The second-order valence-electron chi connectivity index (χ2n) is 7.72. The van der Waals surface area contributed by atoms with Crippen molar-refractivity contribution in [2.75, 3.05) is 46.5 Å². The third-order valence-corrected chi connectivity index (χ3v) is 7.69. The number of aliphatic hydroxyl groups is 1. The van der Waals surface area contributed by atoms with Crippen molar-refractivity contribution >= 4 is 34.2 Å². The number of rotatable bonds is 9. The molecule has 1 amide bonds. The summed E-state index contributed by atoms with van der Waals surface area (Å²) in [4.78, 5) is 19.6. The summed E-state index contributed by atoms with van der Waals surface area (Å²) in [6.07, 6.45) is 3.61. The molecule has 2 aromatic rings. The fourth-order valence-electron chi connectivity index (χ4n) is 3.80. The first-order valence-electron chi connectivity index (χ1n) is 10.5. The number of carbonyl (C=O) groups is 1. The Bertz CT molecular complexity index is 810. The molecule has 0 aliphatic carbocycles. The molecule has 1 N–H and O–H groups in total. The monoisotopic (exact) mass is 448 g/mol. The molecule has 0 saturated carbocycles. The maximum absolute atomic E-state index is 13.0. The predicted octanol–water partition coefficient (Wildman–Crippen LogP) is 3.79. The standard InChI is InChI=1S/C23H32N2O3S2/c1-17-7-15-29-21(17)19(22-18(2)8-16-30-22)5-4-9-24(3)20(6-12-26)23(27)25-10-13-28-14-11-25/h5,7-8,15-16,20,26H,4,6,9-14H2,1-3H3. The summed E-state index contributed by atoms with van der Waals surface area (Å²) < 4.78 is 5.37. The predicted molar refractivity (Wildman–Crippen MR) is 125 cm³/mol. The van der Waals surface area contributed by atoms with E-state index in [2.05, 4.69) is 47.7 Å². The number of hydrogen-bond acceptors (Lipinski definition) is 6. The Labute approximate surface area is 187 Å². The van der Waals surface area contributed by atoms with Gasteiger partial charge in [-0.05, 0) is 67.8 Å². The molecule has 1 aliphatic heterocycles. The van der Waals surface area contributed by atoms with Gasteiger partial charge in [0.25, 0.3) is 0 Å². The van der Waals surface area contributed by atoms with E-state index >= 15 is 0 Å². The van der Waals surface area contributed by atoms with Crippen LogP contribution in [0.3, 0.4) is 0 Å². The summed E-state index contributed by atoms with van der Waals surface area (Å²) >= 11 is 3.56. The van der Waals surface area contributed by atoms with Gasteiger partial charge in [0, 0.05) is 41.6 Å². The van der Waals surface area contributed by atoms with Crippen LogP contribution in [-0.4, -0.2) is 73.4 Å². The molecule has 1 saturated heterocycles. The van der Waals surface area contributed by atoms with Crippen LogP contribution in [0, 0.1) is 13.8 Å². The average molecular weight is 449 g/mol. The Hall–Kier alpha value is -1.51. The van der Waals surface area contributed by atoms with E-state index in [9.17, 15) is 9.90 Å². The Morgan fingerprint density at radius 3 is 2.30 bits per heavy atom. The Balaban J connectivity index is 1.71. The van der Waals surface area contributed by atoms with Gasteiger partial charge in [0.15, 0.2) is 0 Å². The Morgan fingerprint density at radius 1 is 1.20 bits per heavy atom. The number of aliphatic hydroxyl groups excluding tert-OH is 1. The topological polar surface area (TPSA) is 53.0 Å². The molecule has 1 aliphatic rings. The lowest BCUT2D eigenvalue weighted by molar-refractivity contribution is -0.141. The lowest BCUT2D eigenvalue weighted by Crippen LogP contribution is -2.51. The molecular formula is C23H32N2O3S2. The van der Waals surface area contributed by atoms with Gasteiger partial charge in [0.2, 0.25) is 5.91 Å². The molecule has 0 aromatic carbocycles. The Kier molecular flexibility index (Phi) is 8.65. The first-order valence-corrected chi connectivity index (χ1v) is 12.3. The van der Waals surface area contributed by atoms with Crippen molar-refractivity contribution in [1.82, 2.24) is 9.80 Å². The molecule has 30 heavy (non-hydrogen) atoms. The van der Waals surface area contributed by atoms with Crippen molar-refractivity contribution in [3.05, 3.63) is 49.9 Å². The van der Waals surface area contributed by atoms with Crippen LogP contribution in [0.2, 0.25) is 0 Å². The van der Waals surface area contributed by atoms with E-state index in [0.29, 0.717) is 32.7 Å². The third-order valence-electron chi connectivity index (χ3n) is 5.59. The number of morpholine rings is 1. The van der Waals surface area contributed by atoms with Crippen molar-refractivity contribution in [3.63, 3.8) is 0 Å². The Morgan fingerprint density at radius 2 is 1.80 bits per heavy atom. The summed E-state index contributed by atoms with van der Waals surface area (Å²) in [5.41, 5.74) is 3.89. The summed E-state index contributed by atoms with van der Waals surface area (Å²) in [6.45, 7) is 7.54. The second kappa shape index (κ2) is 11.2. The number of amides is 1. The van der Waals surface area contributed by atoms with Gasteiger partial charge in [-0.15, -0.1) is 22.7 Å². The quantitative estimate of drug-likeness (QED) is 0.634. The van der Waals surface area contributed by atoms with Crippen LogP contribution in [0.15, 0.2) is 29.0 Å². The molecule has 1 atom stereocenters. The lowest BCUT2D eigenvalue weighted by atomic mass is 10.0. The van der Waals surface area contributed by atoms with Crippen molar-refractivity contribution < 1.29 is 14.6 Å². The fourth-order valence-corrected chi connectivity index (χ4v) is 5.82. The number of aryl methyl sites for hydroxylation is 2. The normalized spacial score (nSPS) is 15.4. The van der Waals surface area contributed by atoms with Crippen LogP contribution in [0.4, 0.5) is 0 Å². The smallest absolute Gasteiger partial charge is 0.240 e. The molecule has 0 bridgehead atoms. The van der Waals surface area contributed by atoms with Crippen LogP contribution in [0.25, 0.3) is 5.57 Å². The summed E-state index contributed by atoms with van der Waals surface area (Å²) in [5, 5.41) is 13.8. The summed E-state index contributed by atoms with van der Waals surface area (Å²) in [6, 6.07) is 4.04. The molecule has 7 heteroatoms. The van der Waals surface area contributed by atoms with Crippen molar-refractivity contribution in [3.8, 4) is 0 Å². The molecule has 164 valence electrons. The van der Waals surface area contributed by atoms with E-state index in [1.807, 2.05) is 11.9 Å². The molecule has 0 spiro atoms. The van der Waals surface area contributed by atoms with E-state index in [1.165, 1.54) is 26.5 Å². The number of ether oxygens (including phenoxy) is 1. The van der Waals surface area contributed by atoms with Gasteiger partial charge in [0.05, 0.1) is 19.3 Å². The summed E-state index contributed by atoms with van der Waals surface area (Å²) in [5.74, 6) is 0.0993. The lowest BCUT2D eigenvalue weighted by Gasteiger charge is -2.34. The first-order chi connectivity index (χ1) is 14.5. The van der Waals surface area contributed by atoms with Gasteiger partial charge in [-0.2, -0.15) is 0 Å². The van der Waals surface area contributed by atoms with Crippen molar-refractivity contribution in [2.24, 2.45) is 0 Å². The maximum atomic E-state index is 13.0. The van der Waals surface area contributed by atoms with Crippen LogP contribution >= 0.6 is 22.7 Å². The van der Waals surface area contributed by atoms with E-state index in [4.69, 9.17) is 4.74 Å². The highest BCUT2D eigenvalue weighted by Crippen LogP contribution is 2.35. The second-order valence-corrected chi connectivity index (χ2v) is 9.55. The van der Waals surface area contributed by atoms with E-state index in [-0.39, 0.29) is 18.6 Å². The first kappa shape index (κ1) is 23.2. The van der Waals surface area contributed by atoms with E-state index < -0.39 is 0 Å². The zero-order valence-corrected chi connectivity index (χ0v) is 19.7. The van der Waals surface area contributed by atoms with Crippen LogP contribution < -0.4 is 0 Å². The van der Waals surface area contributed by atoms with Gasteiger partial charge in [-0.25, -0.2) is 0 Å². The van der Waals surface area contributed by atoms with Gasteiger partial charge >= 0.3 is 0 Å². The van der Waals surface area contributed by atoms with Crippen LogP contribution in [-0.2, 0) is 9.53 Å². The van der Waals surface area contributed by atoms with Crippen LogP contribution in [0.1, 0.15) is 33.7 Å². The highest BCUT2D eigenvalue weighted by Gasteiger charge is 2.28. The van der Waals surface area contributed by atoms with Gasteiger partial charge in [0.1, 0.15) is 0 Å². The van der Waals surface area contributed by atoms with Crippen molar-refractivity contribution in [1.29, 1.82) is 0 Å². The minimum Gasteiger partial charge on any atom is -0.396 e. The van der Waals surface area contributed by atoms with Gasteiger partial charge in [-0.3, -0.25) is 9.69 Å². The van der Waals surface area contributed by atoms with E-state index in [1.54, 1.807) is 22.7 Å². The molecule has 2 aromatic heterocycles. The molecule has 3 heterocycles. The number of hydrogen-bond donors (Lipinski definition) is 1. The van der Waals surface area contributed by atoms with E-state index in [0.717, 1.165) is 13.0 Å². The summed E-state index contributed by atoms with van der Waals surface area (Å²) in [7, 11) is 1.99. The largest absolute Gasteiger partial charge is 0.396 e. The van der Waals surface area contributed by atoms with Crippen LogP contribution in [0.5, 0.6) is 0 Å². The minimum absolute atomic E-state index is 0.00888. The number of thiophene rings is 2. The SMILES string of the molecule is Cc1ccsc1C(=CCCN(C)C(CCO)C(=O)N1CCOCC1)c1sccc1C. The minimum atomic E-state index is -0.295. The molecule has 0 radical (unpaired) electrons. The fraction of sp³-hybridized carbons (Fsp3) is 0.522. The average Bonchev–Trinajstić information content (AvgIpc) is 3.37. The third kappa shape index (κ3) is 5.59. The number of nitrogens with zero attached hydrogens (tertiary/aromatic N) is 2. The zero-order chi connectivity index (χ0) is 21.5. The molecule has 3 rings (SSSR count). The highest BCUT2D eigenvalue weighted by molar-refractivity contribution is 7.14. The van der Waals surface area contributed by atoms with Gasteiger partial charge < -0.3 is 14.7 Å². The highest BCUT2D eigenvalue weighted by atomic mass is 32.1. The molecular weight excluding hydrogens is 416 g/mol. The molecule has 1 fully saturated rings. The zero-order valence-electron chi connectivity index (χ0n) is 18.1. The van der Waals surface area contributed by atoms with Crippen molar-refractivity contribution in [2.45, 2.75) is 32.7 Å². The maximum Gasteiger partial charge on any atom is 0.240 e. The number of likely N-dealkylation sites (N-methyl/N-ethyl adjacent to an activating group) is 1. The molecule has 5 nitrogen and oxygen atoms in total. The van der Waals surface area contributed by atoms with Gasteiger partial charge in [-0.1, -0.05) is 6.08 Å².